The maximum atomic E-state index is 11.9. The molecule has 0 amide bonds. The van der Waals surface area contributed by atoms with Gasteiger partial charge >= 0.3 is 103 Å². The molecule has 2 aliphatic rings. The molecule has 6 heterocycles. The number of H-pyrrole nitrogens is 2. The first-order valence-electron chi connectivity index (χ1n) is 28.4. The summed E-state index contributed by atoms with van der Waals surface area (Å²) in [6.45, 7) is 8.34. The van der Waals surface area contributed by atoms with Crippen LogP contribution in [0.1, 0.15) is 46.3 Å². The molecule has 13 nitrogen and oxygen atoms in total. The van der Waals surface area contributed by atoms with Crippen molar-refractivity contribution in [2.75, 3.05) is 87.2 Å². The van der Waals surface area contributed by atoms with Crippen molar-refractivity contribution in [1.82, 2.24) is 20.2 Å². The number of hydrogen-bond donors (Lipinski definition) is 3. The van der Waals surface area contributed by atoms with Crippen LogP contribution in [0.25, 0.3) is 42.0 Å². The topological polar surface area (TPSA) is 155 Å². The van der Waals surface area contributed by atoms with Crippen LogP contribution in [-0.4, -0.2) is 98.8 Å². The Hall–Kier alpha value is -2.19. The Balaban J connectivity index is 0.000000343. The second-order valence-electron chi connectivity index (χ2n) is 14.8. The molecule has 19 heteroatoms. The van der Waals surface area contributed by atoms with Crippen LogP contribution >= 0.6 is 51.0 Å². The third kappa shape index (κ3) is 18.3. The molecular formula is C51H58BrClK2N6O7S2. The summed E-state index contributed by atoms with van der Waals surface area (Å²) in [6.07, 6.45) is 3.11. The van der Waals surface area contributed by atoms with Crippen LogP contribution in [-0.2, 0) is 9.68 Å². The van der Waals surface area contributed by atoms with Crippen LogP contribution in [0, 0.1) is 0 Å². The molecule has 0 saturated carbocycles. The van der Waals surface area contributed by atoms with E-state index in [1.807, 2.05) is 22.9 Å². The van der Waals surface area contributed by atoms with E-state index >= 15 is 0 Å². The molecular weight excluding hydrogens is 1070 g/mol. The van der Waals surface area contributed by atoms with Gasteiger partial charge in [0, 0.05) is 113 Å². The number of aromatic nitrogens is 2. The summed E-state index contributed by atoms with van der Waals surface area (Å²) < 4.78 is 125. The second kappa shape index (κ2) is 32.9. The van der Waals surface area contributed by atoms with Gasteiger partial charge in [-0.15, -0.1) is 35.1 Å². The number of nitrogens with zero attached hydrogens (tertiary/aromatic N) is 3. The third-order valence-electron chi connectivity index (χ3n) is 10.4. The van der Waals surface area contributed by atoms with E-state index in [0.717, 1.165) is 115 Å². The Labute approximate surface area is 537 Å². The van der Waals surface area contributed by atoms with Crippen molar-refractivity contribution in [3.05, 3.63) is 140 Å². The van der Waals surface area contributed by atoms with Gasteiger partial charge in [0.15, 0.2) is 0 Å². The van der Waals surface area contributed by atoms with Gasteiger partial charge in [-0.1, -0.05) is 28.1 Å². The molecule has 2 fully saturated rings. The molecule has 0 bridgehead atoms. The van der Waals surface area contributed by atoms with E-state index in [-0.39, 0.29) is 199 Å². The number of alkyl halides is 1. The smallest absolute Gasteiger partial charge is 1.00 e. The van der Waals surface area contributed by atoms with Crippen LogP contribution in [0.2, 0.25) is 0 Å². The summed E-state index contributed by atoms with van der Waals surface area (Å²) in [4.78, 5) is 46.3. The summed E-state index contributed by atoms with van der Waals surface area (Å²) in [6, 6.07) is 5.19. The second-order valence-corrected chi connectivity index (χ2v) is 17.4. The van der Waals surface area contributed by atoms with Gasteiger partial charge in [-0.2, -0.15) is 0 Å². The fourth-order valence-electron chi connectivity index (χ4n) is 7.13. The van der Waals surface area contributed by atoms with Crippen molar-refractivity contribution in [2.45, 2.75) is 25.7 Å². The minimum atomic E-state index is -0.814. The van der Waals surface area contributed by atoms with Gasteiger partial charge in [-0.05, 0) is 126 Å². The zero-order valence-corrected chi connectivity index (χ0v) is 48.9. The van der Waals surface area contributed by atoms with Gasteiger partial charge in [-0.3, -0.25) is 19.3 Å². The standard InChI is InChI=1S/C25H27N3O2S.C13H14BrNO2.C12H14N2S.CH2O3.ClH.2K.H/c29-25-9-7-19-6-8-20(18-22(19)26-25)30-16-2-1-11-27-12-14-28(15-13-27)23-4-3-5-24-21(23)10-17-31-24;14-7-1-2-8-17-11-5-3-10-4-6-13(16)15-12(10)9-11;1-2-11(14-7-5-13-6-8-14)10-4-9-15-12(10)3-1;2-1-4-3;;;;/h3-10,17-18H,1-2,11-16H2,(H,26,29);3-6,9H,1-2,7-8H2,(H,15,16);1-4,9,13H,5-8H2;1,3H;1H;;;/q;;;;;2*+1;-1/p-1/i4D,5D,6D,7D,8D,9D,18D;3D,4D,5D,6D,9D;2D,3D;;;;;. The number of anilines is 2. The molecule has 3 N–H and O–H groups in total. The molecule has 2 aliphatic heterocycles. The number of benzene rings is 4. The van der Waals surface area contributed by atoms with Gasteiger partial charge in [-0.25, -0.2) is 0 Å². The van der Waals surface area contributed by atoms with E-state index in [4.69, 9.17) is 38.7 Å². The average molecular weight is 1140 g/mol. The number of carbonyl (C=O) groups excluding carboxylic acids is 1. The maximum Gasteiger partial charge on any atom is 1.00 e. The average Bonchev–Trinajstić information content (AvgIpc) is 4.00. The molecule has 0 aliphatic carbocycles. The molecule has 10 rings (SSSR count). The Morgan fingerprint density at radius 2 is 1.14 bits per heavy atom. The first-order valence-corrected chi connectivity index (χ1v) is 24.3. The molecule has 362 valence electrons. The van der Waals surface area contributed by atoms with Crippen LogP contribution in [0.4, 0.5) is 11.4 Å². The van der Waals surface area contributed by atoms with Gasteiger partial charge in [0.2, 0.25) is 11.1 Å². The Morgan fingerprint density at radius 3 is 1.63 bits per heavy atom. The zero-order chi connectivity index (χ0) is 58.8. The quantitative estimate of drug-likeness (QED) is 0.0368. The molecule has 0 radical (unpaired) electrons. The fourth-order valence-corrected chi connectivity index (χ4v) is 9.04. The number of carbonyl (C=O) groups is 1. The van der Waals surface area contributed by atoms with E-state index < -0.39 is 35.3 Å². The minimum absolute atomic E-state index is 0. The number of unbranched alkanes of at least 4 members (excludes halogenated alkanes) is 2. The summed E-state index contributed by atoms with van der Waals surface area (Å²) in [5, 5.41) is 18.4. The van der Waals surface area contributed by atoms with Gasteiger partial charge in [0.05, 0.1) is 43.4 Å². The Morgan fingerprint density at radius 1 is 0.671 bits per heavy atom. The predicted octanol–water partition coefficient (Wildman–Crippen LogP) is 3.09. The molecule has 2 saturated heterocycles. The van der Waals surface area contributed by atoms with E-state index in [9.17, 15) is 9.59 Å². The summed E-state index contributed by atoms with van der Waals surface area (Å²) in [5.41, 5.74) is 0.198. The Bertz CT molecular complexity index is 3720. The van der Waals surface area contributed by atoms with E-state index in [1.54, 1.807) is 23.5 Å². The summed E-state index contributed by atoms with van der Waals surface area (Å²) in [7, 11) is 0. The Kier molecular flexibility index (Phi) is 19.8. The van der Waals surface area contributed by atoms with Crippen LogP contribution in [0.5, 0.6) is 11.5 Å². The molecule has 0 unspecified atom stereocenters. The summed E-state index contributed by atoms with van der Waals surface area (Å²) >= 11 is 6.42. The fraction of sp³-hybridized carbons (Fsp3) is 0.314. The number of rotatable bonds is 14. The number of thiophene rings is 2. The number of fused-ring (bicyclic) bond motifs is 4. The number of pyridine rings is 2. The normalized spacial score (nSPS) is 16.0. The molecule has 70 heavy (non-hydrogen) atoms. The van der Waals surface area contributed by atoms with Gasteiger partial charge < -0.3 is 46.1 Å². The number of piperazine rings is 2. The van der Waals surface area contributed by atoms with E-state index in [0.29, 0.717) is 37.2 Å². The minimum Gasteiger partial charge on any atom is -1.00 e. The number of ether oxygens (including phenoxy) is 2. The van der Waals surface area contributed by atoms with Crippen molar-refractivity contribution in [1.29, 1.82) is 0 Å². The van der Waals surface area contributed by atoms with E-state index in [1.165, 1.54) is 11.3 Å². The van der Waals surface area contributed by atoms with Crippen molar-refractivity contribution in [3.63, 3.8) is 0 Å². The number of halogens is 2. The predicted molar refractivity (Wildman–Crippen MR) is 285 cm³/mol. The number of nitrogens with one attached hydrogen (secondary N) is 3. The monoisotopic (exact) mass is 1140 g/mol. The van der Waals surface area contributed by atoms with Crippen molar-refractivity contribution >= 4 is 111 Å². The first kappa shape index (κ1) is 42.1. The first-order chi connectivity index (χ1) is 38.8. The molecule has 4 aromatic heterocycles. The van der Waals surface area contributed by atoms with Crippen molar-refractivity contribution in [3.8, 4) is 11.5 Å². The largest absolute Gasteiger partial charge is 1.00 e. The van der Waals surface area contributed by atoms with Crippen LogP contribution in [0.3, 0.4) is 0 Å². The molecule has 0 spiro atoms. The molecule has 4 aromatic carbocycles. The van der Waals surface area contributed by atoms with Crippen LogP contribution in [0.15, 0.2) is 129 Å². The molecule has 8 aromatic rings. The van der Waals surface area contributed by atoms with Crippen LogP contribution < -0.4 is 144 Å². The van der Waals surface area contributed by atoms with Crippen molar-refractivity contribution in [2.24, 2.45) is 0 Å². The number of hydrogen-bond acceptors (Lipinski definition) is 13. The third-order valence-corrected chi connectivity index (χ3v) is 12.6. The van der Waals surface area contributed by atoms with Gasteiger partial charge in [0.25, 0.3) is 6.47 Å². The zero-order valence-electron chi connectivity index (χ0n) is 53.7. The van der Waals surface area contributed by atoms with Crippen molar-refractivity contribution < 1.29 is 148 Å². The SMILES string of the molecule is Cl.O=CO[O-].[2H]c1c(OCCCCBr)c([2H])c2[nH]c(=O)c([2H])c([2H])c2c1[2H].[2H]c1cc([2H])c2sccc2c1N1CCN(CCCCOc2c([2H])c([2H])c3c([2H])c([2H])c(=O)[nH]c3c2[2H])CC1.[2H]c1cc([2H])c2sccc2c1N1CCNCC1.[H-].[K+].[K+]. The van der Waals surface area contributed by atoms with E-state index in [2.05, 4.69) is 50.8 Å². The van der Waals surface area contributed by atoms with Gasteiger partial charge in [0.1, 0.15) is 11.5 Å². The maximum absolute atomic E-state index is 11.9. The summed E-state index contributed by atoms with van der Waals surface area (Å²) in [5.74, 6) is -0.187. The molecule has 0 atom stereocenters. The number of aromatic amines is 2.